The topological polar surface area (TPSA) is 15.3 Å². The summed E-state index contributed by atoms with van der Waals surface area (Å²) >= 11 is 1.92. The lowest BCUT2D eigenvalue weighted by atomic mass is 10.2. The van der Waals surface area contributed by atoms with Crippen LogP contribution < -0.4 is 5.32 Å². The predicted molar refractivity (Wildman–Crippen MR) is 87.0 cm³/mol. The van der Waals surface area contributed by atoms with Crippen LogP contribution >= 0.6 is 11.8 Å². The number of rotatable bonds is 10. The van der Waals surface area contributed by atoms with Crippen LogP contribution in [0.3, 0.4) is 0 Å². The first kappa shape index (κ1) is 16.5. The molecule has 0 aromatic heterocycles. The van der Waals surface area contributed by atoms with Crippen molar-refractivity contribution in [3.05, 3.63) is 30.3 Å². The Labute approximate surface area is 123 Å². The fraction of sp³-hybridized carbons (Fsp3) is 0.625. The van der Waals surface area contributed by atoms with Gasteiger partial charge in [0.15, 0.2) is 0 Å². The second-order valence-electron chi connectivity index (χ2n) is 5.19. The molecule has 3 heteroatoms. The van der Waals surface area contributed by atoms with Crippen LogP contribution in [0.5, 0.6) is 0 Å². The van der Waals surface area contributed by atoms with Crippen LogP contribution in [-0.4, -0.2) is 43.4 Å². The van der Waals surface area contributed by atoms with Crippen molar-refractivity contribution in [1.82, 2.24) is 10.2 Å². The van der Waals surface area contributed by atoms with E-state index in [4.69, 9.17) is 0 Å². The Hall–Kier alpha value is -0.510. The van der Waals surface area contributed by atoms with Crippen molar-refractivity contribution in [1.29, 1.82) is 0 Å². The molecule has 2 nitrogen and oxygen atoms in total. The molecule has 1 N–H and O–H groups in total. The minimum absolute atomic E-state index is 0.662. The summed E-state index contributed by atoms with van der Waals surface area (Å²) in [4.78, 5) is 3.77. The molecule has 0 saturated heterocycles. The van der Waals surface area contributed by atoms with Gasteiger partial charge in [-0.15, -0.1) is 11.8 Å². The number of thioether (sulfide) groups is 1. The maximum Gasteiger partial charge on any atom is 0.0106 e. The molecule has 1 aromatic carbocycles. The van der Waals surface area contributed by atoms with Crippen LogP contribution in [0.1, 0.15) is 26.7 Å². The highest BCUT2D eigenvalue weighted by Gasteiger charge is 2.01. The van der Waals surface area contributed by atoms with Crippen molar-refractivity contribution < 1.29 is 0 Å². The summed E-state index contributed by atoms with van der Waals surface area (Å²) in [5.74, 6) is 1.15. The van der Waals surface area contributed by atoms with E-state index < -0.39 is 0 Å². The summed E-state index contributed by atoms with van der Waals surface area (Å²) in [6.07, 6.45) is 2.56. The highest BCUT2D eigenvalue weighted by molar-refractivity contribution is 7.99. The van der Waals surface area contributed by atoms with Crippen LogP contribution in [0.15, 0.2) is 35.2 Å². The third-order valence-corrected chi connectivity index (χ3v) is 4.30. The predicted octanol–water partition coefficient (Wildman–Crippen LogP) is 3.49. The number of hydrogen-bond donors (Lipinski definition) is 1. The lowest BCUT2D eigenvalue weighted by molar-refractivity contribution is 0.268. The Bertz CT molecular complexity index is 314. The molecule has 19 heavy (non-hydrogen) atoms. The van der Waals surface area contributed by atoms with Crippen LogP contribution in [0.25, 0.3) is 0 Å². The van der Waals surface area contributed by atoms with E-state index in [-0.39, 0.29) is 0 Å². The number of unbranched alkanes of at least 4 members (excludes halogenated alkanes) is 1. The van der Waals surface area contributed by atoms with E-state index in [1.807, 2.05) is 11.8 Å². The van der Waals surface area contributed by atoms with Gasteiger partial charge in [0, 0.05) is 23.2 Å². The van der Waals surface area contributed by atoms with Crippen LogP contribution in [0, 0.1) is 0 Å². The molecule has 0 spiro atoms. The van der Waals surface area contributed by atoms with Crippen molar-refractivity contribution >= 4 is 11.8 Å². The number of hydrogen-bond acceptors (Lipinski definition) is 3. The molecular formula is C16H28N2S. The zero-order valence-corrected chi connectivity index (χ0v) is 13.4. The number of nitrogens with one attached hydrogen (secondary N) is 1. The molecule has 0 aliphatic heterocycles. The highest BCUT2D eigenvalue weighted by Crippen LogP contribution is 2.15. The molecule has 0 bridgehead atoms. The maximum atomic E-state index is 3.52. The monoisotopic (exact) mass is 280 g/mol. The Morgan fingerprint density at radius 3 is 2.53 bits per heavy atom. The zero-order valence-electron chi connectivity index (χ0n) is 12.6. The van der Waals surface area contributed by atoms with E-state index in [0.29, 0.717) is 6.04 Å². The molecule has 0 saturated carbocycles. The number of nitrogens with zero attached hydrogens (tertiary/aromatic N) is 1. The Morgan fingerprint density at radius 1 is 1.11 bits per heavy atom. The van der Waals surface area contributed by atoms with Gasteiger partial charge < -0.3 is 10.2 Å². The number of benzene rings is 1. The van der Waals surface area contributed by atoms with E-state index in [1.54, 1.807) is 0 Å². The molecular weight excluding hydrogens is 252 g/mol. The average Bonchev–Trinajstić information content (AvgIpc) is 2.42. The molecule has 1 aromatic rings. The average molecular weight is 280 g/mol. The van der Waals surface area contributed by atoms with E-state index in [9.17, 15) is 0 Å². The minimum Gasteiger partial charge on any atom is -0.316 e. The summed E-state index contributed by atoms with van der Waals surface area (Å²) in [6.45, 7) is 7.94. The van der Waals surface area contributed by atoms with Crippen molar-refractivity contribution in [3.8, 4) is 0 Å². The summed E-state index contributed by atoms with van der Waals surface area (Å²) in [6, 6.07) is 11.3. The van der Waals surface area contributed by atoms with Gasteiger partial charge in [0.25, 0.3) is 0 Å². The van der Waals surface area contributed by atoms with E-state index in [1.165, 1.54) is 24.3 Å². The van der Waals surface area contributed by atoms with Crippen molar-refractivity contribution in [3.63, 3.8) is 0 Å². The first-order chi connectivity index (χ1) is 9.20. The summed E-state index contributed by atoms with van der Waals surface area (Å²) < 4.78 is 0. The standard InChI is InChI=1S/C16H28N2S/c1-15(2)18(3)13-8-7-11-17-12-14-19-16-9-5-4-6-10-16/h4-6,9-10,15,17H,7-8,11-14H2,1-3H3. The van der Waals surface area contributed by atoms with E-state index >= 15 is 0 Å². The van der Waals surface area contributed by atoms with Gasteiger partial charge in [-0.2, -0.15) is 0 Å². The maximum absolute atomic E-state index is 3.52. The SMILES string of the molecule is CC(C)N(C)CCCCNCCSc1ccccc1. The first-order valence-corrected chi connectivity index (χ1v) is 8.27. The largest absolute Gasteiger partial charge is 0.316 e. The van der Waals surface area contributed by atoms with Gasteiger partial charge in [-0.1, -0.05) is 18.2 Å². The molecule has 0 fully saturated rings. The Morgan fingerprint density at radius 2 is 1.84 bits per heavy atom. The summed E-state index contributed by atoms with van der Waals surface area (Å²) in [7, 11) is 2.20. The Balaban J connectivity index is 1.89. The van der Waals surface area contributed by atoms with Gasteiger partial charge in [0.1, 0.15) is 0 Å². The van der Waals surface area contributed by atoms with Gasteiger partial charge in [0.2, 0.25) is 0 Å². The lowest BCUT2D eigenvalue weighted by Gasteiger charge is -2.20. The fourth-order valence-electron chi connectivity index (χ4n) is 1.75. The second kappa shape index (κ2) is 10.3. The molecule has 1 rings (SSSR count). The molecule has 0 aliphatic carbocycles. The van der Waals surface area contributed by atoms with Crippen molar-refractivity contribution in [2.75, 3.05) is 32.4 Å². The first-order valence-electron chi connectivity index (χ1n) is 7.29. The molecule has 0 amide bonds. The van der Waals surface area contributed by atoms with Crippen molar-refractivity contribution in [2.24, 2.45) is 0 Å². The molecule has 0 unspecified atom stereocenters. The summed E-state index contributed by atoms with van der Waals surface area (Å²) in [5.41, 5.74) is 0. The zero-order chi connectivity index (χ0) is 13.9. The molecule has 0 heterocycles. The molecule has 0 atom stereocenters. The van der Waals surface area contributed by atoms with Gasteiger partial charge in [0.05, 0.1) is 0 Å². The third kappa shape index (κ3) is 8.30. The smallest absolute Gasteiger partial charge is 0.0106 e. The highest BCUT2D eigenvalue weighted by atomic mass is 32.2. The minimum atomic E-state index is 0.662. The van der Waals surface area contributed by atoms with Crippen LogP contribution in [0.2, 0.25) is 0 Å². The fourth-order valence-corrected chi connectivity index (χ4v) is 2.58. The quantitative estimate of drug-likeness (QED) is 0.522. The lowest BCUT2D eigenvalue weighted by Crippen LogP contribution is -2.28. The normalized spacial score (nSPS) is 11.4. The van der Waals surface area contributed by atoms with Gasteiger partial charge in [-0.25, -0.2) is 0 Å². The molecule has 0 aliphatic rings. The van der Waals surface area contributed by atoms with Gasteiger partial charge in [-0.05, 0) is 59.0 Å². The molecule has 108 valence electrons. The third-order valence-electron chi connectivity index (χ3n) is 3.29. The second-order valence-corrected chi connectivity index (χ2v) is 6.36. The van der Waals surface area contributed by atoms with E-state index in [0.717, 1.165) is 18.8 Å². The van der Waals surface area contributed by atoms with Gasteiger partial charge >= 0.3 is 0 Å². The molecule has 0 radical (unpaired) electrons. The summed E-state index contributed by atoms with van der Waals surface area (Å²) in [5, 5.41) is 3.52. The van der Waals surface area contributed by atoms with E-state index in [2.05, 4.69) is 61.4 Å². The Kier molecular flexibility index (Phi) is 8.97. The van der Waals surface area contributed by atoms with Gasteiger partial charge in [-0.3, -0.25) is 0 Å². The van der Waals surface area contributed by atoms with Crippen molar-refractivity contribution in [2.45, 2.75) is 37.6 Å². The van der Waals surface area contributed by atoms with Crippen LogP contribution in [-0.2, 0) is 0 Å². The van der Waals surface area contributed by atoms with Crippen LogP contribution in [0.4, 0.5) is 0 Å².